The van der Waals surface area contributed by atoms with Gasteiger partial charge in [0.25, 0.3) is 0 Å². The van der Waals surface area contributed by atoms with Gasteiger partial charge in [0.1, 0.15) is 5.75 Å². The predicted molar refractivity (Wildman–Crippen MR) is 97.5 cm³/mol. The number of carbonyl (C=O) groups excluding carboxylic acids is 1. The topological polar surface area (TPSA) is 84.5 Å². The van der Waals surface area contributed by atoms with Crippen LogP contribution in [0.15, 0.2) is 53.4 Å². The first-order valence-electron chi connectivity index (χ1n) is 7.68. The van der Waals surface area contributed by atoms with Gasteiger partial charge in [-0.15, -0.1) is 0 Å². The molecule has 0 heterocycles. The molecule has 2 aromatic carbocycles. The van der Waals surface area contributed by atoms with Gasteiger partial charge in [0.15, 0.2) is 0 Å². The van der Waals surface area contributed by atoms with Crippen LogP contribution >= 0.6 is 11.6 Å². The van der Waals surface area contributed by atoms with Crippen molar-refractivity contribution >= 4 is 33.2 Å². The molecule has 134 valence electrons. The summed E-state index contributed by atoms with van der Waals surface area (Å²) < 4.78 is 32.0. The highest BCUT2D eigenvalue weighted by Gasteiger charge is 2.14. The van der Waals surface area contributed by atoms with Crippen molar-refractivity contribution in [3.05, 3.63) is 53.6 Å². The van der Waals surface area contributed by atoms with Crippen LogP contribution in [0.2, 0.25) is 5.02 Å². The van der Waals surface area contributed by atoms with E-state index in [1.807, 2.05) is 6.92 Å². The zero-order valence-corrected chi connectivity index (χ0v) is 15.2. The Hall–Kier alpha value is -2.09. The van der Waals surface area contributed by atoms with Gasteiger partial charge in [-0.1, -0.05) is 11.6 Å². The maximum atomic E-state index is 12.2. The number of ether oxygens (including phenoxy) is 1. The molecule has 0 radical (unpaired) electrons. The molecule has 25 heavy (non-hydrogen) atoms. The van der Waals surface area contributed by atoms with E-state index in [0.29, 0.717) is 23.1 Å². The van der Waals surface area contributed by atoms with Crippen molar-refractivity contribution < 1.29 is 17.9 Å². The van der Waals surface area contributed by atoms with E-state index in [1.165, 1.54) is 12.1 Å². The van der Waals surface area contributed by atoms with Crippen molar-refractivity contribution in [1.29, 1.82) is 0 Å². The minimum absolute atomic E-state index is 0.00499. The summed E-state index contributed by atoms with van der Waals surface area (Å²) in [6.07, 6.45) is 0.0128. The molecular formula is C17H19ClN2O4S. The molecule has 0 atom stereocenters. The summed E-state index contributed by atoms with van der Waals surface area (Å²) in [4.78, 5) is 12.0. The van der Waals surface area contributed by atoms with Gasteiger partial charge >= 0.3 is 0 Å². The number of halogens is 1. The zero-order valence-electron chi connectivity index (χ0n) is 13.7. The van der Waals surface area contributed by atoms with Gasteiger partial charge in [-0.25, -0.2) is 13.1 Å². The monoisotopic (exact) mass is 382 g/mol. The molecule has 2 N–H and O–H groups in total. The Bertz CT molecular complexity index is 806. The normalized spacial score (nSPS) is 11.1. The third kappa shape index (κ3) is 6.04. The maximum absolute atomic E-state index is 12.2. The van der Waals surface area contributed by atoms with Crippen molar-refractivity contribution in [2.24, 2.45) is 0 Å². The molecule has 0 saturated heterocycles. The average molecular weight is 383 g/mol. The van der Waals surface area contributed by atoms with Gasteiger partial charge < -0.3 is 10.1 Å². The van der Waals surface area contributed by atoms with E-state index in [4.69, 9.17) is 16.3 Å². The van der Waals surface area contributed by atoms with Crippen molar-refractivity contribution in [2.75, 3.05) is 18.5 Å². The fourth-order valence-electron chi connectivity index (χ4n) is 2.02. The number of sulfonamides is 1. The first kappa shape index (κ1) is 19.2. The van der Waals surface area contributed by atoms with Gasteiger partial charge in [0, 0.05) is 23.7 Å². The van der Waals surface area contributed by atoms with Crippen molar-refractivity contribution in [1.82, 2.24) is 4.72 Å². The lowest BCUT2D eigenvalue weighted by atomic mass is 10.3. The number of rotatable bonds is 8. The average Bonchev–Trinajstić information content (AvgIpc) is 2.57. The Morgan fingerprint density at radius 2 is 1.72 bits per heavy atom. The second-order valence-electron chi connectivity index (χ2n) is 5.11. The van der Waals surface area contributed by atoms with E-state index in [0.717, 1.165) is 0 Å². The highest BCUT2D eigenvalue weighted by atomic mass is 35.5. The number of carbonyl (C=O) groups is 1. The van der Waals surface area contributed by atoms with Crippen molar-refractivity contribution in [2.45, 2.75) is 18.2 Å². The number of hydrogen-bond donors (Lipinski definition) is 2. The Balaban J connectivity index is 1.84. The minimum Gasteiger partial charge on any atom is -0.494 e. The zero-order chi connectivity index (χ0) is 18.3. The van der Waals surface area contributed by atoms with Crippen LogP contribution in [-0.4, -0.2) is 27.5 Å². The van der Waals surface area contributed by atoms with Crippen LogP contribution < -0.4 is 14.8 Å². The molecular weight excluding hydrogens is 364 g/mol. The first-order valence-corrected chi connectivity index (χ1v) is 9.55. The van der Waals surface area contributed by atoms with Crippen LogP contribution in [0.4, 0.5) is 5.69 Å². The summed E-state index contributed by atoms with van der Waals surface area (Å²) in [5, 5.41) is 3.24. The third-order valence-electron chi connectivity index (χ3n) is 3.22. The smallest absolute Gasteiger partial charge is 0.240 e. The molecule has 1 amide bonds. The van der Waals surface area contributed by atoms with Gasteiger partial charge in [-0.2, -0.15) is 0 Å². The van der Waals surface area contributed by atoms with Crippen LogP contribution in [-0.2, 0) is 14.8 Å². The molecule has 0 saturated carbocycles. The van der Waals surface area contributed by atoms with Gasteiger partial charge in [-0.3, -0.25) is 4.79 Å². The molecule has 0 aliphatic rings. The summed E-state index contributed by atoms with van der Waals surface area (Å²) in [6.45, 7) is 2.35. The molecule has 0 spiro atoms. The molecule has 0 bridgehead atoms. The van der Waals surface area contributed by atoms with Crippen LogP contribution in [0, 0.1) is 0 Å². The highest BCUT2D eigenvalue weighted by Crippen LogP contribution is 2.16. The SMILES string of the molecule is CCOc1ccc(S(=O)(=O)NCCC(=O)Nc2ccc(Cl)cc2)cc1. The Kier molecular flexibility index (Phi) is 6.81. The molecule has 0 aromatic heterocycles. The van der Waals surface area contributed by atoms with E-state index >= 15 is 0 Å². The molecule has 2 rings (SSSR count). The molecule has 0 aliphatic heterocycles. The second-order valence-corrected chi connectivity index (χ2v) is 7.31. The number of benzene rings is 2. The largest absolute Gasteiger partial charge is 0.494 e. The van der Waals surface area contributed by atoms with Crippen LogP contribution in [0.5, 0.6) is 5.75 Å². The van der Waals surface area contributed by atoms with Crippen LogP contribution in [0.3, 0.4) is 0 Å². The molecule has 0 unspecified atom stereocenters. The predicted octanol–water partition coefficient (Wildman–Crippen LogP) is 3.05. The standard InChI is InChI=1S/C17H19ClN2O4S/c1-2-24-15-7-9-16(10-8-15)25(22,23)19-12-11-17(21)20-14-5-3-13(18)4-6-14/h3-10,19H,2,11-12H2,1H3,(H,20,21). The minimum atomic E-state index is -3.67. The van der Waals surface area contributed by atoms with E-state index < -0.39 is 10.0 Å². The number of amides is 1. The second kappa shape index (κ2) is 8.84. The van der Waals surface area contributed by atoms with Gasteiger partial charge in [0.2, 0.25) is 15.9 Å². The molecule has 0 aliphatic carbocycles. The molecule has 0 fully saturated rings. The van der Waals surface area contributed by atoms with E-state index in [1.54, 1.807) is 36.4 Å². The number of hydrogen-bond acceptors (Lipinski definition) is 4. The van der Waals surface area contributed by atoms with E-state index in [2.05, 4.69) is 10.0 Å². The van der Waals surface area contributed by atoms with Gasteiger partial charge in [0.05, 0.1) is 11.5 Å². The van der Waals surface area contributed by atoms with Gasteiger partial charge in [-0.05, 0) is 55.5 Å². The van der Waals surface area contributed by atoms with Crippen LogP contribution in [0.25, 0.3) is 0 Å². The maximum Gasteiger partial charge on any atom is 0.240 e. The summed E-state index contributed by atoms with van der Waals surface area (Å²) in [5.41, 5.74) is 0.601. The lowest BCUT2D eigenvalue weighted by Crippen LogP contribution is -2.27. The Labute approximate surface area is 152 Å². The van der Waals surface area contributed by atoms with E-state index in [9.17, 15) is 13.2 Å². The summed E-state index contributed by atoms with van der Waals surface area (Å²) in [7, 11) is -3.67. The Morgan fingerprint density at radius 3 is 2.32 bits per heavy atom. The molecule has 6 nitrogen and oxygen atoms in total. The van der Waals surface area contributed by atoms with Crippen molar-refractivity contribution in [3.63, 3.8) is 0 Å². The summed E-state index contributed by atoms with van der Waals surface area (Å²) in [5.74, 6) is 0.306. The quantitative estimate of drug-likeness (QED) is 0.734. The number of nitrogens with one attached hydrogen (secondary N) is 2. The van der Waals surface area contributed by atoms with E-state index in [-0.39, 0.29) is 23.8 Å². The fourth-order valence-corrected chi connectivity index (χ4v) is 3.18. The highest BCUT2D eigenvalue weighted by molar-refractivity contribution is 7.89. The fraction of sp³-hybridized carbons (Fsp3) is 0.235. The molecule has 2 aromatic rings. The first-order chi connectivity index (χ1) is 11.9. The Morgan fingerprint density at radius 1 is 1.08 bits per heavy atom. The molecule has 8 heteroatoms. The lowest BCUT2D eigenvalue weighted by molar-refractivity contribution is -0.116. The summed E-state index contributed by atoms with van der Waals surface area (Å²) in [6, 6.07) is 12.8. The number of anilines is 1. The lowest BCUT2D eigenvalue weighted by Gasteiger charge is -2.09. The van der Waals surface area contributed by atoms with Crippen LogP contribution in [0.1, 0.15) is 13.3 Å². The third-order valence-corrected chi connectivity index (χ3v) is 4.95. The van der Waals surface area contributed by atoms with Crippen molar-refractivity contribution in [3.8, 4) is 5.75 Å². The summed E-state index contributed by atoms with van der Waals surface area (Å²) >= 11 is 5.77.